The minimum absolute atomic E-state index is 0.657. The molecule has 0 aromatic rings. The summed E-state index contributed by atoms with van der Waals surface area (Å²) in [5.74, 6) is 0.983. The van der Waals surface area contributed by atoms with Crippen LogP contribution in [-0.4, -0.2) is 37.1 Å². The molecule has 1 aliphatic carbocycles. The summed E-state index contributed by atoms with van der Waals surface area (Å²) in [6, 6.07) is 1.32. The molecule has 1 N–H and O–H groups in total. The summed E-state index contributed by atoms with van der Waals surface area (Å²) in [4.78, 5) is 2.56. The van der Waals surface area contributed by atoms with Crippen LogP contribution < -0.4 is 5.32 Å². The molecule has 1 rings (SSSR count). The molecule has 1 aliphatic rings. The maximum absolute atomic E-state index is 3.67. The van der Waals surface area contributed by atoms with Crippen LogP contribution in [0.15, 0.2) is 0 Å². The summed E-state index contributed by atoms with van der Waals surface area (Å²) in [7, 11) is 2.29. The van der Waals surface area contributed by atoms with Gasteiger partial charge in [0.05, 0.1) is 0 Å². The van der Waals surface area contributed by atoms with Crippen molar-refractivity contribution >= 4 is 0 Å². The first kappa shape index (κ1) is 14.0. The second kappa shape index (κ2) is 7.29. The van der Waals surface area contributed by atoms with Gasteiger partial charge in [-0.3, -0.25) is 0 Å². The maximum Gasteiger partial charge on any atom is 0.0218 e. The highest BCUT2D eigenvalue weighted by Crippen LogP contribution is 2.27. The average molecular weight is 226 g/mol. The molecule has 0 saturated heterocycles. The van der Waals surface area contributed by atoms with Crippen LogP contribution in [0.1, 0.15) is 52.9 Å². The van der Waals surface area contributed by atoms with Crippen LogP contribution in [0.4, 0.5) is 0 Å². The Morgan fingerprint density at radius 2 is 2.00 bits per heavy atom. The molecule has 2 atom stereocenters. The van der Waals surface area contributed by atoms with Gasteiger partial charge in [0, 0.05) is 18.6 Å². The normalized spacial score (nSPS) is 20.8. The lowest BCUT2D eigenvalue weighted by atomic mass is 9.85. The van der Waals surface area contributed by atoms with E-state index in [9.17, 15) is 0 Å². The molecular weight excluding hydrogens is 196 g/mol. The van der Waals surface area contributed by atoms with Crippen LogP contribution in [0.2, 0.25) is 0 Å². The highest BCUT2D eigenvalue weighted by atomic mass is 15.2. The SMILES string of the molecule is CCCNC(CC)C(C)N(C)CC1CCC1. The smallest absolute Gasteiger partial charge is 0.0218 e. The van der Waals surface area contributed by atoms with E-state index >= 15 is 0 Å². The minimum Gasteiger partial charge on any atom is -0.312 e. The summed E-state index contributed by atoms with van der Waals surface area (Å²) in [6.45, 7) is 9.35. The van der Waals surface area contributed by atoms with Gasteiger partial charge in [-0.05, 0) is 52.1 Å². The van der Waals surface area contributed by atoms with E-state index in [2.05, 4.69) is 38.0 Å². The molecule has 0 amide bonds. The number of hydrogen-bond donors (Lipinski definition) is 1. The predicted molar refractivity (Wildman–Crippen MR) is 71.8 cm³/mol. The highest BCUT2D eigenvalue weighted by molar-refractivity contribution is 4.81. The van der Waals surface area contributed by atoms with Gasteiger partial charge >= 0.3 is 0 Å². The molecule has 2 nitrogen and oxygen atoms in total. The summed E-state index contributed by atoms with van der Waals surface area (Å²) in [5, 5.41) is 3.67. The Hall–Kier alpha value is -0.0800. The van der Waals surface area contributed by atoms with Gasteiger partial charge in [-0.25, -0.2) is 0 Å². The highest BCUT2D eigenvalue weighted by Gasteiger charge is 2.24. The molecule has 2 heteroatoms. The monoisotopic (exact) mass is 226 g/mol. The number of rotatable bonds is 8. The van der Waals surface area contributed by atoms with Crippen molar-refractivity contribution in [3.8, 4) is 0 Å². The van der Waals surface area contributed by atoms with Gasteiger partial charge in [-0.15, -0.1) is 0 Å². The lowest BCUT2D eigenvalue weighted by Crippen LogP contribution is -2.48. The van der Waals surface area contributed by atoms with Gasteiger partial charge in [-0.1, -0.05) is 20.3 Å². The van der Waals surface area contributed by atoms with E-state index in [4.69, 9.17) is 0 Å². The van der Waals surface area contributed by atoms with E-state index in [0.717, 1.165) is 12.5 Å². The molecule has 1 fully saturated rings. The average Bonchev–Trinajstić information content (AvgIpc) is 2.23. The summed E-state index contributed by atoms with van der Waals surface area (Å²) < 4.78 is 0. The van der Waals surface area contributed by atoms with Crippen molar-refractivity contribution in [3.63, 3.8) is 0 Å². The standard InChI is InChI=1S/C14H30N2/c1-5-10-15-14(6-2)12(3)16(4)11-13-8-7-9-13/h12-15H,5-11H2,1-4H3. The van der Waals surface area contributed by atoms with Crippen LogP contribution in [0.5, 0.6) is 0 Å². The molecule has 0 heterocycles. The zero-order valence-electron chi connectivity index (χ0n) is 11.6. The van der Waals surface area contributed by atoms with Crippen LogP contribution in [0.25, 0.3) is 0 Å². The first-order valence-corrected chi connectivity index (χ1v) is 7.12. The van der Waals surface area contributed by atoms with Crippen LogP contribution in [-0.2, 0) is 0 Å². The quantitative estimate of drug-likeness (QED) is 0.684. The molecule has 0 aromatic heterocycles. The second-order valence-electron chi connectivity index (χ2n) is 5.45. The molecule has 0 aromatic carbocycles. The van der Waals surface area contributed by atoms with Gasteiger partial charge in [0.25, 0.3) is 0 Å². The number of likely N-dealkylation sites (N-methyl/N-ethyl adjacent to an activating group) is 1. The van der Waals surface area contributed by atoms with Gasteiger partial charge in [0.15, 0.2) is 0 Å². The van der Waals surface area contributed by atoms with E-state index in [1.165, 1.54) is 38.6 Å². The molecular formula is C14H30N2. The van der Waals surface area contributed by atoms with Crippen molar-refractivity contribution in [2.24, 2.45) is 5.92 Å². The van der Waals surface area contributed by atoms with Crippen LogP contribution in [0, 0.1) is 5.92 Å². The Morgan fingerprint density at radius 1 is 1.31 bits per heavy atom. The molecule has 0 spiro atoms. The Labute approximate surface area is 102 Å². The maximum atomic E-state index is 3.67. The molecule has 96 valence electrons. The predicted octanol–water partition coefficient (Wildman–Crippen LogP) is 2.89. The van der Waals surface area contributed by atoms with Crippen molar-refractivity contribution < 1.29 is 0 Å². The van der Waals surface area contributed by atoms with E-state index < -0.39 is 0 Å². The topological polar surface area (TPSA) is 15.3 Å². The minimum atomic E-state index is 0.657. The van der Waals surface area contributed by atoms with Crippen molar-refractivity contribution in [2.75, 3.05) is 20.1 Å². The van der Waals surface area contributed by atoms with E-state index in [1.54, 1.807) is 0 Å². The van der Waals surface area contributed by atoms with E-state index in [0.29, 0.717) is 12.1 Å². The van der Waals surface area contributed by atoms with Crippen molar-refractivity contribution in [2.45, 2.75) is 65.0 Å². The molecule has 1 saturated carbocycles. The van der Waals surface area contributed by atoms with Gasteiger partial charge < -0.3 is 10.2 Å². The summed E-state index contributed by atoms with van der Waals surface area (Å²) in [6.07, 6.45) is 6.83. The van der Waals surface area contributed by atoms with E-state index in [1.807, 2.05) is 0 Å². The van der Waals surface area contributed by atoms with Gasteiger partial charge in [-0.2, -0.15) is 0 Å². The Balaban J connectivity index is 2.29. The fourth-order valence-corrected chi connectivity index (χ4v) is 2.54. The third-order valence-electron chi connectivity index (χ3n) is 4.14. The number of nitrogens with zero attached hydrogens (tertiary/aromatic N) is 1. The lowest BCUT2D eigenvalue weighted by Gasteiger charge is -2.37. The summed E-state index contributed by atoms with van der Waals surface area (Å²) >= 11 is 0. The van der Waals surface area contributed by atoms with Gasteiger partial charge in [0.1, 0.15) is 0 Å². The zero-order chi connectivity index (χ0) is 12.0. The van der Waals surface area contributed by atoms with Crippen molar-refractivity contribution in [1.82, 2.24) is 10.2 Å². The Morgan fingerprint density at radius 3 is 2.44 bits per heavy atom. The van der Waals surface area contributed by atoms with E-state index in [-0.39, 0.29) is 0 Å². The molecule has 0 bridgehead atoms. The first-order chi connectivity index (χ1) is 7.69. The number of hydrogen-bond acceptors (Lipinski definition) is 2. The fraction of sp³-hybridized carbons (Fsp3) is 1.00. The second-order valence-corrected chi connectivity index (χ2v) is 5.45. The summed E-state index contributed by atoms with van der Waals surface area (Å²) in [5.41, 5.74) is 0. The Bertz CT molecular complexity index is 178. The molecule has 0 radical (unpaired) electrons. The Kier molecular flexibility index (Phi) is 6.37. The van der Waals surface area contributed by atoms with Crippen molar-refractivity contribution in [1.29, 1.82) is 0 Å². The van der Waals surface area contributed by atoms with Crippen LogP contribution >= 0.6 is 0 Å². The third-order valence-corrected chi connectivity index (χ3v) is 4.14. The van der Waals surface area contributed by atoms with Crippen molar-refractivity contribution in [3.05, 3.63) is 0 Å². The zero-order valence-corrected chi connectivity index (χ0v) is 11.6. The molecule has 0 aliphatic heterocycles. The van der Waals surface area contributed by atoms with Crippen LogP contribution in [0.3, 0.4) is 0 Å². The van der Waals surface area contributed by atoms with Gasteiger partial charge in [0.2, 0.25) is 0 Å². The lowest BCUT2D eigenvalue weighted by molar-refractivity contribution is 0.143. The largest absolute Gasteiger partial charge is 0.312 e. The first-order valence-electron chi connectivity index (χ1n) is 7.12. The fourth-order valence-electron chi connectivity index (χ4n) is 2.54. The molecule has 16 heavy (non-hydrogen) atoms. The number of nitrogens with one attached hydrogen (secondary N) is 1. The molecule has 2 unspecified atom stereocenters. The third kappa shape index (κ3) is 4.06.